The molecule has 5 heteroatoms. The van der Waals surface area contributed by atoms with Gasteiger partial charge in [-0.05, 0) is 17.2 Å². The lowest BCUT2D eigenvalue weighted by Gasteiger charge is -2.00. The van der Waals surface area contributed by atoms with E-state index in [1.165, 1.54) is 7.11 Å². The van der Waals surface area contributed by atoms with E-state index in [4.69, 9.17) is 5.53 Å². The molecule has 0 aromatic heterocycles. The van der Waals surface area contributed by atoms with Crippen LogP contribution in [-0.2, 0) is 16.0 Å². The Hall–Kier alpha value is -2.00. The van der Waals surface area contributed by atoms with Gasteiger partial charge in [-0.15, -0.1) is 0 Å². The maximum absolute atomic E-state index is 10.9. The van der Waals surface area contributed by atoms with Crippen molar-refractivity contribution in [1.82, 2.24) is 0 Å². The third-order valence-corrected chi connectivity index (χ3v) is 1.65. The van der Waals surface area contributed by atoms with Crippen LogP contribution in [0.5, 0.6) is 0 Å². The quantitative estimate of drug-likeness (QED) is 0.318. The Morgan fingerprint density at radius 3 is 3.07 bits per heavy atom. The monoisotopic (exact) mass is 191 g/mol. The number of azide groups is 1. The fraction of sp³-hybridized carbons (Fsp3) is 0.222. The number of benzene rings is 1. The van der Waals surface area contributed by atoms with Gasteiger partial charge >= 0.3 is 5.97 Å². The van der Waals surface area contributed by atoms with Crippen LogP contribution in [0, 0.1) is 0 Å². The van der Waals surface area contributed by atoms with E-state index < -0.39 is 0 Å². The molecule has 1 aromatic rings. The van der Waals surface area contributed by atoms with Crippen molar-refractivity contribution < 1.29 is 9.53 Å². The molecule has 0 fully saturated rings. The van der Waals surface area contributed by atoms with Crippen LogP contribution in [0.25, 0.3) is 10.4 Å². The lowest BCUT2D eigenvalue weighted by atomic mass is 10.1. The number of carbonyl (C=O) groups is 1. The second-order valence-electron chi connectivity index (χ2n) is 2.61. The molecule has 0 aliphatic rings. The standard InChI is InChI=1S/C9H9N3O2/c1-14-9(13)6-7-3-2-4-8(5-7)11-12-10/h2-5H,6H2,1H3. The number of carbonyl (C=O) groups excluding carboxylic acids is 1. The molecular formula is C9H9N3O2. The van der Waals surface area contributed by atoms with Crippen molar-refractivity contribution in [3.8, 4) is 0 Å². The van der Waals surface area contributed by atoms with Crippen molar-refractivity contribution >= 4 is 11.7 Å². The summed E-state index contributed by atoms with van der Waals surface area (Å²) in [4.78, 5) is 13.6. The number of nitrogens with zero attached hydrogens (tertiary/aromatic N) is 3. The highest BCUT2D eigenvalue weighted by Gasteiger charge is 2.02. The Labute approximate surface area is 80.9 Å². The van der Waals surface area contributed by atoms with Gasteiger partial charge in [-0.25, -0.2) is 0 Å². The summed E-state index contributed by atoms with van der Waals surface area (Å²) in [6.07, 6.45) is 0.186. The molecule has 0 bridgehead atoms. The van der Waals surface area contributed by atoms with Crippen LogP contribution >= 0.6 is 0 Å². The minimum absolute atomic E-state index is 0.186. The number of hydrogen-bond donors (Lipinski definition) is 0. The summed E-state index contributed by atoms with van der Waals surface area (Å²) in [6, 6.07) is 6.81. The van der Waals surface area contributed by atoms with Gasteiger partial charge in [-0.2, -0.15) is 0 Å². The number of methoxy groups -OCH3 is 1. The maximum atomic E-state index is 10.9. The molecule has 14 heavy (non-hydrogen) atoms. The van der Waals surface area contributed by atoms with Crippen LogP contribution in [0.4, 0.5) is 5.69 Å². The van der Waals surface area contributed by atoms with Crippen molar-refractivity contribution in [2.45, 2.75) is 6.42 Å². The number of rotatable bonds is 3. The Kier molecular flexibility index (Phi) is 3.52. The fourth-order valence-corrected chi connectivity index (χ4v) is 1.02. The van der Waals surface area contributed by atoms with Crippen LogP contribution in [-0.4, -0.2) is 13.1 Å². The molecule has 0 spiro atoms. The van der Waals surface area contributed by atoms with E-state index in [2.05, 4.69) is 14.8 Å². The molecule has 0 aliphatic heterocycles. The molecule has 0 saturated carbocycles. The summed E-state index contributed by atoms with van der Waals surface area (Å²) in [5.41, 5.74) is 9.47. The number of esters is 1. The van der Waals surface area contributed by atoms with Gasteiger partial charge in [0.1, 0.15) is 0 Å². The molecule has 0 heterocycles. The van der Waals surface area contributed by atoms with Crippen LogP contribution in [0.3, 0.4) is 0 Å². The molecule has 0 aliphatic carbocycles. The van der Waals surface area contributed by atoms with Gasteiger partial charge in [-0.1, -0.05) is 23.3 Å². The van der Waals surface area contributed by atoms with Crippen LogP contribution in [0.2, 0.25) is 0 Å². The van der Waals surface area contributed by atoms with Gasteiger partial charge in [-0.3, -0.25) is 4.79 Å². The van der Waals surface area contributed by atoms with Gasteiger partial charge in [0.05, 0.1) is 13.5 Å². The van der Waals surface area contributed by atoms with E-state index in [0.29, 0.717) is 5.69 Å². The van der Waals surface area contributed by atoms with E-state index >= 15 is 0 Å². The number of ether oxygens (including phenoxy) is 1. The van der Waals surface area contributed by atoms with Crippen LogP contribution in [0.15, 0.2) is 29.4 Å². The van der Waals surface area contributed by atoms with Gasteiger partial charge < -0.3 is 4.74 Å². The lowest BCUT2D eigenvalue weighted by Crippen LogP contribution is -2.03. The molecular weight excluding hydrogens is 182 g/mol. The largest absolute Gasteiger partial charge is 0.469 e. The minimum Gasteiger partial charge on any atom is -0.469 e. The van der Waals surface area contributed by atoms with E-state index in [0.717, 1.165) is 5.56 Å². The summed E-state index contributed by atoms with van der Waals surface area (Å²) in [7, 11) is 1.33. The van der Waals surface area contributed by atoms with Gasteiger partial charge in [0.2, 0.25) is 0 Å². The highest BCUT2D eigenvalue weighted by atomic mass is 16.5. The summed E-state index contributed by atoms with van der Waals surface area (Å²) in [5, 5.41) is 3.43. The van der Waals surface area contributed by atoms with Crippen LogP contribution < -0.4 is 0 Å². The average Bonchev–Trinajstić information content (AvgIpc) is 2.19. The zero-order valence-electron chi connectivity index (χ0n) is 7.67. The van der Waals surface area contributed by atoms with Gasteiger partial charge in [0.25, 0.3) is 0 Å². The molecule has 0 saturated heterocycles. The van der Waals surface area contributed by atoms with Crippen molar-refractivity contribution in [2.75, 3.05) is 7.11 Å². The number of hydrogen-bond acceptors (Lipinski definition) is 3. The Morgan fingerprint density at radius 2 is 2.43 bits per heavy atom. The minimum atomic E-state index is -0.317. The smallest absolute Gasteiger partial charge is 0.309 e. The Bertz CT molecular complexity index is 383. The SMILES string of the molecule is COC(=O)Cc1cccc(N=[N+]=[N-])c1. The Morgan fingerprint density at radius 1 is 1.64 bits per heavy atom. The third kappa shape index (κ3) is 2.80. The van der Waals surface area contributed by atoms with E-state index in [9.17, 15) is 4.79 Å². The topological polar surface area (TPSA) is 75.1 Å². The molecule has 0 amide bonds. The predicted molar refractivity (Wildman–Crippen MR) is 51.0 cm³/mol. The van der Waals surface area contributed by atoms with Gasteiger partial charge in [0, 0.05) is 10.6 Å². The van der Waals surface area contributed by atoms with E-state index in [-0.39, 0.29) is 12.4 Å². The molecule has 72 valence electrons. The first kappa shape index (κ1) is 10.1. The molecule has 0 atom stereocenters. The van der Waals surface area contributed by atoms with Crippen molar-refractivity contribution in [3.05, 3.63) is 40.3 Å². The zero-order chi connectivity index (χ0) is 10.4. The molecule has 1 aromatic carbocycles. The zero-order valence-corrected chi connectivity index (χ0v) is 7.67. The molecule has 1 rings (SSSR count). The second kappa shape index (κ2) is 4.89. The predicted octanol–water partition coefficient (Wildman–Crippen LogP) is 2.34. The van der Waals surface area contributed by atoms with Crippen molar-refractivity contribution in [1.29, 1.82) is 0 Å². The third-order valence-electron chi connectivity index (χ3n) is 1.65. The maximum Gasteiger partial charge on any atom is 0.309 e. The highest BCUT2D eigenvalue weighted by Crippen LogP contribution is 2.14. The first-order chi connectivity index (χ1) is 6.76. The van der Waals surface area contributed by atoms with Crippen molar-refractivity contribution in [3.63, 3.8) is 0 Å². The first-order valence-electron chi connectivity index (χ1n) is 3.97. The molecule has 0 unspecified atom stereocenters. The van der Waals surface area contributed by atoms with E-state index in [1.807, 2.05) is 0 Å². The summed E-state index contributed by atoms with van der Waals surface area (Å²) < 4.78 is 4.51. The molecule has 0 N–H and O–H groups in total. The first-order valence-corrected chi connectivity index (χ1v) is 3.97. The van der Waals surface area contributed by atoms with Crippen molar-refractivity contribution in [2.24, 2.45) is 5.11 Å². The molecule has 5 nitrogen and oxygen atoms in total. The Balaban J connectivity index is 2.83. The highest BCUT2D eigenvalue weighted by molar-refractivity contribution is 5.72. The van der Waals surface area contributed by atoms with Crippen LogP contribution in [0.1, 0.15) is 5.56 Å². The summed E-state index contributed by atoms with van der Waals surface area (Å²) in [6.45, 7) is 0. The van der Waals surface area contributed by atoms with E-state index in [1.54, 1.807) is 24.3 Å². The lowest BCUT2D eigenvalue weighted by molar-refractivity contribution is -0.139. The average molecular weight is 191 g/mol. The van der Waals surface area contributed by atoms with Gasteiger partial charge in [0.15, 0.2) is 0 Å². The fourth-order valence-electron chi connectivity index (χ4n) is 1.02. The normalized spacial score (nSPS) is 8.93. The second-order valence-corrected chi connectivity index (χ2v) is 2.61. The summed E-state index contributed by atoms with van der Waals surface area (Å²) >= 11 is 0. The molecule has 0 radical (unpaired) electrons. The summed E-state index contributed by atoms with van der Waals surface area (Å²) in [5.74, 6) is -0.317.